The molecule has 2 aromatic carbocycles. The van der Waals surface area contributed by atoms with Crippen LogP contribution in [0.5, 0.6) is 0 Å². The van der Waals surface area contributed by atoms with Gasteiger partial charge in [-0.05, 0) is 30.3 Å². The number of thiol groups is 1. The molecular weight excluding hydrogens is 237 g/mol. The summed E-state index contributed by atoms with van der Waals surface area (Å²) >= 11 is 4.22. The van der Waals surface area contributed by atoms with Crippen molar-refractivity contribution in [1.82, 2.24) is 0 Å². The number of nitrogens with one attached hydrogen (secondary N) is 1. The van der Waals surface area contributed by atoms with Crippen molar-refractivity contribution in [1.29, 1.82) is 0 Å². The van der Waals surface area contributed by atoms with Crippen LogP contribution < -0.4 is 5.32 Å². The second-order valence-electron chi connectivity index (χ2n) is 3.48. The normalized spacial score (nSPS) is 10.0. The van der Waals surface area contributed by atoms with Crippen molar-refractivity contribution >= 4 is 24.2 Å². The summed E-state index contributed by atoms with van der Waals surface area (Å²) in [6.07, 6.45) is 0. The molecule has 0 radical (unpaired) electrons. The van der Waals surface area contributed by atoms with Gasteiger partial charge in [0.25, 0.3) is 5.91 Å². The molecule has 0 spiro atoms. The van der Waals surface area contributed by atoms with Crippen LogP contribution in [0.15, 0.2) is 53.4 Å². The highest BCUT2D eigenvalue weighted by Crippen LogP contribution is 2.19. The molecule has 1 N–H and O–H groups in total. The Labute approximate surface area is 104 Å². The molecule has 0 bridgehead atoms. The third-order valence-electron chi connectivity index (χ3n) is 2.24. The fourth-order valence-electron chi connectivity index (χ4n) is 1.40. The Bertz CT molecular complexity index is 557. The summed E-state index contributed by atoms with van der Waals surface area (Å²) < 4.78 is 13.0. The smallest absolute Gasteiger partial charge is 0.255 e. The molecule has 2 nitrogen and oxygen atoms in total. The van der Waals surface area contributed by atoms with Gasteiger partial charge in [0.05, 0.1) is 5.69 Å². The van der Waals surface area contributed by atoms with Crippen LogP contribution >= 0.6 is 12.6 Å². The van der Waals surface area contributed by atoms with E-state index in [4.69, 9.17) is 0 Å². The van der Waals surface area contributed by atoms with Gasteiger partial charge in [-0.1, -0.05) is 18.2 Å². The van der Waals surface area contributed by atoms with Gasteiger partial charge in [-0.2, -0.15) is 0 Å². The molecule has 0 atom stereocenters. The SMILES string of the molecule is O=C(Nc1ccccc1S)c1cccc(F)c1. The monoisotopic (exact) mass is 247 g/mol. The highest BCUT2D eigenvalue weighted by atomic mass is 32.1. The summed E-state index contributed by atoms with van der Waals surface area (Å²) in [5.41, 5.74) is 0.881. The number of anilines is 1. The van der Waals surface area contributed by atoms with Crippen LogP contribution in [0.2, 0.25) is 0 Å². The van der Waals surface area contributed by atoms with E-state index in [0.29, 0.717) is 10.6 Å². The Kier molecular flexibility index (Phi) is 3.44. The maximum atomic E-state index is 13.0. The first-order valence-electron chi connectivity index (χ1n) is 5.02. The van der Waals surface area contributed by atoms with Crippen molar-refractivity contribution in [2.75, 3.05) is 5.32 Å². The number of carbonyl (C=O) groups is 1. The quantitative estimate of drug-likeness (QED) is 0.783. The van der Waals surface area contributed by atoms with Crippen LogP contribution in [0, 0.1) is 5.82 Å². The molecule has 0 saturated carbocycles. The van der Waals surface area contributed by atoms with E-state index in [2.05, 4.69) is 17.9 Å². The molecule has 2 aromatic rings. The van der Waals surface area contributed by atoms with E-state index in [-0.39, 0.29) is 11.5 Å². The highest BCUT2D eigenvalue weighted by Gasteiger charge is 2.07. The second kappa shape index (κ2) is 5.01. The Hall–Kier alpha value is -1.81. The van der Waals surface area contributed by atoms with Gasteiger partial charge in [-0.3, -0.25) is 4.79 Å². The topological polar surface area (TPSA) is 29.1 Å². The zero-order valence-corrected chi connectivity index (χ0v) is 9.75. The van der Waals surface area contributed by atoms with Gasteiger partial charge in [0.15, 0.2) is 0 Å². The molecule has 0 aromatic heterocycles. The first kappa shape index (κ1) is 11.7. The van der Waals surface area contributed by atoms with Crippen LogP contribution in [0.1, 0.15) is 10.4 Å². The average molecular weight is 247 g/mol. The van der Waals surface area contributed by atoms with Gasteiger partial charge in [0.1, 0.15) is 5.82 Å². The van der Waals surface area contributed by atoms with Gasteiger partial charge in [0.2, 0.25) is 0 Å². The molecule has 0 aliphatic rings. The van der Waals surface area contributed by atoms with Gasteiger partial charge < -0.3 is 5.32 Å². The lowest BCUT2D eigenvalue weighted by Gasteiger charge is -2.07. The molecule has 4 heteroatoms. The minimum absolute atomic E-state index is 0.279. The predicted molar refractivity (Wildman–Crippen MR) is 68.0 cm³/mol. The summed E-state index contributed by atoms with van der Waals surface area (Å²) in [6.45, 7) is 0. The second-order valence-corrected chi connectivity index (χ2v) is 3.96. The summed E-state index contributed by atoms with van der Waals surface area (Å²) in [7, 11) is 0. The molecule has 0 heterocycles. The summed E-state index contributed by atoms with van der Waals surface area (Å²) in [5.74, 6) is -0.789. The van der Waals surface area contributed by atoms with Crippen molar-refractivity contribution in [3.8, 4) is 0 Å². The molecule has 0 saturated heterocycles. The van der Waals surface area contributed by atoms with E-state index < -0.39 is 5.82 Å². The molecule has 1 amide bonds. The summed E-state index contributed by atoms with van der Waals surface area (Å²) in [5, 5.41) is 2.67. The fraction of sp³-hybridized carbons (Fsp3) is 0. The minimum Gasteiger partial charge on any atom is -0.321 e. The van der Waals surface area contributed by atoms with E-state index in [1.54, 1.807) is 24.3 Å². The standard InChI is InChI=1S/C13H10FNOS/c14-10-5-3-4-9(8-10)13(16)15-11-6-1-2-7-12(11)17/h1-8,17H,(H,15,16). The van der Waals surface area contributed by atoms with E-state index in [1.165, 1.54) is 18.2 Å². The Morgan fingerprint density at radius 2 is 1.88 bits per heavy atom. The van der Waals surface area contributed by atoms with E-state index >= 15 is 0 Å². The lowest BCUT2D eigenvalue weighted by atomic mass is 10.2. The molecule has 0 aliphatic carbocycles. The third kappa shape index (κ3) is 2.85. The van der Waals surface area contributed by atoms with Crippen LogP contribution in [0.3, 0.4) is 0 Å². The molecule has 0 fully saturated rings. The third-order valence-corrected chi connectivity index (χ3v) is 2.63. The Balaban J connectivity index is 2.20. The van der Waals surface area contributed by atoms with Crippen LogP contribution in [0.4, 0.5) is 10.1 Å². The molecule has 17 heavy (non-hydrogen) atoms. The number of amides is 1. The maximum absolute atomic E-state index is 13.0. The zero-order valence-electron chi connectivity index (χ0n) is 8.85. The number of benzene rings is 2. The number of halogens is 1. The number of para-hydroxylation sites is 1. The van der Waals surface area contributed by atoms with Crippen molar-refractivity contribution < 1.29 is 9.18 Å². The average Bonchev–Trinajstić information content (AvgIpc) is 2.32. The van der Waals surface area contributed by atoms with Gasteiger partial charge >= 0.3 is 0 Å². The van der Waals surface area contributed by atoms with Crippen molar-refractivity contribution in [3.05, 3.63) is 59.9 Å². The van der Waals surface area contributed by atoms with Crippen LogP contribution in [0.25, 0.3) is 0 Å². The summed E-state index contributed by atoms with van der Waals surface area (Å²) in [6, 6.07) is 12.7. The molecule has 0 aliphatic heterocycles. The number of rotatable bonds is 2. The number of hydrogen-bond acceptors (Lipinski definition) is 2. The van der Waals surface area contributed by atoms with E-state index in [9.17, 15) is 9.18 Å². The fourth-order valence-corrected chi connectivity index (χ4v) is 1.62. The predicted octanol–water partition coefficient (Wildman–Crippen LogP) is 3.37. The number of carbonyl (C=O) groups excluding carboxylic acids is 1. The zero-order chi connectivity index (χ0) is 12.3. The summed E-state index contributed by atoms with van der Waals surface area (Å²) in [4.78, 5) is 12.5. The molecular formula is C13H10FNOS. The number of hydrogen-bond donors (Lipinski definition) is 2. The van der Waals surface area contributed by atoms with Gasteiger partial charge in [0, 0.05) is 10.5 Å². The molecule has 0 unspecified atom stereocenters. The van der Waals surface area contributed by atoms with Crippen LogP contribution in [-0.2, 0) is 0 Å². The Morgan fingerprint density at radius 1 is 1.12 bits per heavy atom. The molecule has 86 valence electrons. The Morgan fingerprint density at radius 3 is 2.59 bits per heavy atom. The largest absolute Gasteiger partial charge is 0.321 e. The highest BCUT2D eigenvalue weighted by molar-refractivity contribution is 7.80. The maximum Gasteiger partial charge on any atom is 0.255 e. The lowest BCUT2D eigenvalue weighted by molar-refractivity contribution is 0.102. The first-order valence-corrected chi connectivity index (χ1v) is 5.46. The van der Waals surface area contributed by atoms with E-state index in [0.717, 1.165) is 0 Å². The van der Waals surface area contributed by atoms with Gasteiger partial charge in [-0.25, -0.2) is 4.39 Å². The van der Waals surface area contributed by atoms with Crippen molar-refractivity contribution in [2.45, 2.75) is 4.90 Å². The first-order chi connectivity index (χ1) is 8.16. The minimum atomic E-state index is -0.434. The van der Waals surface area contributed by atoms with Crippen molar-refractivity contribution in [3.63, 3.8) is 0 Å². The van der Waals surface area contributed by atoms with Crippen molar-refractivity contribution in [2.24, 2.45) is 0 Å². The molecule has 2 rings (SSSR count). The van der Waals surface area contributed by atoms with Crippen LogP contribution in [-0.4, -0.2) is 5.91 Å². The van der Waals surface area contributed by atoms with E-state index in [1.807, 2.05) is 6.07 Å². The van der Waals surface area contributed by atoms with Gasteiger partial charge in [-0.15, -0.1) is 12.6 Å². The lowest BCUT2D eigenvalue weighted by Crippen LogP contribution is -2.12.